The molecule has 1 atom stereocenters. The van der Waals surface area contributed by atoms with E-state index in [2.05, 4.69) is 17.2 Å². The van der Waals surface area contributed by atoms with Crippen LogP contribution in [0.2, 0.25) is 5.02 Å². The number of nitrogens with one attached hydrogen (secondary N) is 1. The molecule has 148 valence electrons. The summed E-state index contributed by atoms with van der Waals surface area (Å²) in [5, 5.41) is 23.3. The fraction of sp³-hybridized carbons (Fsp3) is 0.304. The number of carbonyl (C=O) groups excluding carboxylic acids is 1. The van der Waals surface area contributed by atoms with Crippen molar-refractivity contribution in [3.8, 4) is 17.9 Å². The van der Waals surface area contributed by atoms with Crippen molar-refractivity contribution in [3.63, 3.8) is 0 Å². The van der Waals surface area contributed by atoms with Gasteiger partial charge in [0.2, 0.25) is 5.60 Å². The van der Waals surface area contributed by atoms with E-state index >= 15 is 0 Å². The molecule has 0 radical (unpaired) electrons. The number of hydrogen-bond acceptors (Lipinski definition) is 4. The van der Waals surface area contributed by atoms with Crippen LogP contribution < -0.4 is 5.32 Å². The molecular formula is C23H21ClN2O3. The first-order valence-corrected chi connectivity index (χ1v) is 9.71. The molecule has 5 nitrogen and oxygen atoms in total. The molecule has 6 heteroatoms. The Morgan fingerprint density at radius 2 is 2.03 bits per heavy atom. The number of aliphatic hydroxyl groups is 1. The minimum Gasteiger partial charge on any atom is -0.381 e. The molecule has 2 aromatic carbocycles. The Morgan fingerprint density at radius 3 is 2.69 bits per heavy atom. The number of benzene rings is 2. The summed E-state index contributed by atoms with van der Waals surface area (Å²) in [6, 6.07) is 14.1. The van der Waals surface area contributed by atoms with Gasteiger partial charge < -0.3 is 15.2 Å². The van der Waals surface area contributed by atoms with Crippen LogP contribution in [0.15, 0.2) is 42.5 Å². The Kier molecular flexibility index (Phi) is 6.56. The SMILES string of the molecule is Cc1cccc(C#CC(O)(C(=O)Nc2ccc(C#N)c(Cl)c2)C2CCOCC2)c1. The van der Waals surface area contributed by atoms with E-state index in [-0.39, 0.29) is 10.9 Å². The topological polar surface area (TPSA) is 82.4 Å². The predicted molar refractivity (Wildman–Crippen MR) is 111 cm³/mol. The van der Waals surface area contributed by atoms with Crippen LogP contribution in [0, 0.1) is 36.0 Å². The van der Waals surface area contributed by atoms with E-state index in [0.29, 0.717) is 37.3 Å². The van der Waals surface area contributed by atoms with Crippen LogP contribution in [0.4, 0.5) is 5.69 Å². The molecule has 2 N–H and O–H groups in total. The molecule has 1 saturated heterocycles. The molecule has 0 aliphatic carbocycles. The summed E-state index contributed by atoms with van der Waals surface area (Å²) >= 11 is 6.05. The van der Waals surface area contributed by atoms with E-state index in [1.165, 1.54) is 12.1 Å². The summed E-state index contributed by atoms with van der Waals surface area (Å²) in [6.07, 6.45) is 1.06. The molecule has 1 unspecified atom stereocenters. The molecule has 1 heterocycles. The fourth-order valence-electron chi connectivity index (χ4n) is 3.26. The van der Waals surface area contributed by atoms with Crippen molar-refractivity contribution >= 4 is 23.2 Å². The van der Waals surface area contributed by atoms with Crippen molar-refractivity contribution in [1.29, 1.82) is 5.26 Å². The van der Waals surface area contributed by atoms with Crippen LogP contribution in [0.25, 0.3) is 0 Å². The molecule has 0 spiro atoms. The maximum atomic E-state index is 13.1. The van der Waals surface area contributed by atoms with Crippen LogP contribution >= 0.6 is 11.6 Å². The zero-order valence-corrected chi connectivity index (χ0v) is 16.8. The van der Waals surface area contributed by atoms with Crippen LogP contribution in [0.3, 0.4) is 0 Å². The van der Waals surface area contributed by atoms with Gasteiger partial charge in [-0.2, -0.15) is 5.26 Å². The first-order chi connectivity index (χ1) is 13.9. The average Bonchev–Trinajstić information content (AvgIpc) is 2.73. The van der Waals surface area contributed by atoms with Crippen molar-refractivity contribution in [2.45, 2.75) is 25.4 Å². The fourth-order valence-corrected chi connectivity index (χ4v) is 3.48. The molecule has 1 amide bonds. The minimum absolute atomic E-state index is 0.228. The molecule has 3 rings (SSSR count). The van der Waals surface area contributed by atoms with E-state index in [0.717, 1.165) is 11.1 Å². The number of anilines is 1. The number of halogens is 1. The predicted octanol–water partition coefficient (Wildman–Crippen LogP) is 3.67. The van der Waals surface area contributed by atoms with Gasteiger partial charge in [-0.05, 0) is 55.7 Å². The number of rotatable bonds is 3. The highest BCUT2D eigenvalue weighted by Crippen LogP contribution is 2.29. The largest absolute Gasteiger partial charge is 0.381 e. The number of carbonyl (C=O) groups is 1. The molecule has 0 aromatic heterocycles. The zero-order valence-electron chi connectivity index (χ0n) is 16.0. The number of aryl methyl sites for hydroxylation is 1. The third-order valence-electron chi connectivity index (χ3n) is 4.92. The maximum Gasteiger partial charge on any atom is 0.269 e. The van der Waals surface area contributed by atoms with Crippen LogP contribution in [0.1, 0.15) is 29.5 Å². The summed E-state index contributed by atoms with van der Waals surface area (Å²) in [7, 11) is 0. The van der Waals surface area contributed by atoms with Gasteiger partial charge in [0.05, 0.1) is 10.6 Å². The van der Waals surface area contributed by atoms with Crippen molar-refractivity contribution in [2.24, 2.45) is 5.92 Å². The van der Waals surface area contributed by atoms with Crippen LogP contribution in [-0.2, 0) is 9.53 Å². The van der Waals surface area contributed by atoms with Crippen molar-refractivity contribution in [1.82, 2.24) is 0 Å². The molecular weight excluding hydrogens is 388 g/mol. The number of nitrogens with zero attached hydrogens (tertiary/aromatic N) is 1. The number of ether oxygens (including phenoxy) is 1. The van der Waals surface area contributed by atoms with Gasteiger partial charge in [0, 0.05) is 30.4 Å². The number of amides is 1. The highest BCUT2D eigenvalue weighted by atomic mass is 35.5. The summed E-state index contributed by atoms with van der Waals surface area (Å²) in [5.74, 6) is 4.79. The molecule has 2 aromatic rings. The quantitative estimate of drug-likeness (QED) is 0.759. The van der Waals surface area contributed by atoms with E-state index in [4.69, 9.17) is 21.6 Å². The van der Waals surface area contributed by atoms with Crippen LogP contribution in [0.5, 0.6) is 0 Å². The van der Waals surface area contributed by atoms with Crippen molar-refractivity contribution in [3.05, 3.63) is 64.2 Å². The zero-order chi connectivity index (χ0) is 20.9. The lowest BCUT2D eigenvalue weighted by Crippen LogP contribution is -2.50. The minimum atomic E-state index is -1.88. The normalized spacial score (nSPS) is 16.1. The molecule has 1 aliphatic rings. The lowest BCUT2D eigenvalue weighted by molar-refractivity contribution is -0.136. The first kappa shape index (κ1) is 20.9. The van der Waals surface area contributed by atoms with Crippen molar-refractivity contribution in [2.75, 3.05) is 18.5 Å². The van der Waals surface area contributed by atoms with Gasteiger partial charge in [0.15, 0.2) is 0 Å². The third kappa shape index (κ3) is 4.96. The summed E-state index contributed by atoms with van der Waals surface area (Å²) in [5.41, 5.74) is 0.590. The molecule has 1 fully saturated rings. The summed E-state index contributed by atoms with van der Waals surface area (Å²) < 4.78 is 5.37. The lowest BCUT2D eigenvalue weighted by Gasteiger charge is -2.33. The van der Waals surface area contributed by atoms with E-state index in [1.807, 2.05) is 37.3 Å². The Labute approximate surface area is 175 Å². The van der Waals surface area contributed by atoms with Crippen molar-refractivity contribution < 1.29 is 14.6 Å². The second kappa shape index (κ2) is 9.11. The van der Waals surface area contributed by atoms with E-state index in [1.54, 1.807) is 6.07 Å². The van der Waals surface area contributed by atoms with E-state index in [9.17, 15) is 9.90 Å². The summed E-state index contributed by atoms with van der Waals surface area (Å²) in [6.45, 7) is 2.89. The molecule has 0 bridgehead atoms. The Bertz CT molecular complexity index is 1010. The second-order valence-electron chi connectivity index (χ2n) is 7.03. The number of hydrogen-bond donors (Lipinski definition) is 2. The van der Waals surface area contributed by atoms with Gasteiger partial charge in [-0.25, -0.2) is 0 Å². The maximum absolute atomic E-state index is 13.1. The van der Waals surface area contributed by atoms with Gasteiger partial charge in [-0.3, -0.25) is 4.79 Å². The lowest BCUT2D eigenvalue weighted by atomic mass is 9.81. The average molecular weight is 409 g/mol. The first-order valence-electron chi connectivity index (χ1n) is 9.33. The van der Waals surface area contributed by atoms with Gasteiger partial charge in [-0.15, -0.1) is 0 Å². The van der Waals surface area contributed by atoms with Gasteiger partial charge in [0.25, 0.3) is 5.91 Å². The monoisotopic (exact) mass is 408 g/mol. The molecule has 0 saturated carbocycles. The van der Waals surface area contributed by atoms with Gasteiger partial charge in [0.1, 0.15) is 6.07 Å². The standard InChI is InChI=1S/C23H21ClN2O3/c1-16-3-2-4-17(13-16)7-10-23(28,19-8-11-29-12-9-19)22(27)26-20-6-5-18(15-25)21(24)14-20/h2-6,13-14,19,28H,8-9,11-12H2,1H3,(H,26,27). The van der Waals surface area contributed by atoms with E-state index < -0.39 is 11.5 Å². The Morgan fingerprint density at radius 1 is 1.28 bits per heavy atom. The second-order valence-corrected chi connectivity index (χ2v) is 7.44. The molecule has 1 aliphatic heterocycles. The highest BCUT2D eigenvalue weighted by Gasteiger charge is 2.43. The van der Waals surface area contributed by atoms with Gasteiger partial charge in [-0.1, -0.05) is 35.6 Å². The number of nitriles is 1. The molecule has 29 heavy (non-hydrogen) atoms. The smallest absolute Gasteiger partial charge is 0.269 e. The van der Waals surface area contributed by atoms with Gasteiger partial charge >= 0.3 is 0 Å². The highest BCUT2D eigenvalue weighted by molar-refractivity contribution is 6.32. The Balaban J connectivity index is 1.91. The summed E-state index contributed by atoms with van der Waals surface area (Å²) in [4.78, 5) is 13.1. The Hall–Kier alpha value is -2.83. The third-order valence-corrected chi connectivity index (χ3v) is 5.23. The van der Waals surface area contributed by atoms with Crippen LogP contribution in [-0.4, -0.2) is 29.8 Å².